The molecule has 158 valence electrons. The van der Waals surface area contributed by atoms with Crippen molar-refractivity contribution in [3.05, 3.63) is 95.6 Å². The minimum absolute atomic E-state index is 0.0720. The topological polar surface area (TPSA) is 31.6 Å². The molecule has 0 saturated carbocycles. The van der Waals surface area contributed by atoms with E-state index in [4.69, 9.17) is 0 Å². The van der Waals surface area contributed by atoms with Crippen LogP contribution in [0.15, 0.2) is 78.9 Å². The van der Waals surface area contributed by atoms with E-state index in [1.807, 2.05) is 30.3 Å². The van der Waals surface area contributed by atoms with E-state index in [2.05, 4.69) is 72.3 Å². The summed E-state index contributed by atoms with van der Waals surface area (Å²) >= 11 is 0. The summed E-state index contributed by atoms with van der Waals surface area (Å²) in [4.78, 5) is 4.95. The third kappa shape index (κ3) is 3.62. The van der Waals surface area contributed by atoms with Crippen molar-refractivity contribution in [3.8, 4) is 11.3 Å². The molecule has 1 saturated heterocycles. The van der Waals surface area contributed by atoms with Crippen LogP contribution in [-0.4, -0.2) is 53.0 Å². The van der Waals surface area contributed by atoms with Gasteiger partial charge < -0.3 is 10.1 Å². The molecule has 1 aliphatic heterocycles. The number of nitrogens with zero attached hydrogens (tertiary/aromatic N) is 3. The molecule has 0 amide bonds. The third-order valence-electron chi connectivity index (χ3n) is 6.51. The SMILES string of the molecule is Cc1ccc([C@H](c2c(-c3ccccc3)n(O)c3ccccc23)N2CCN(C)CC2)cc1. The lowest BCUT2D eigenvalue weighted by Crippen LogP contribution is -2.46. The summed E-state index contributed by atoms with van der Waals surface area (Å²) in [6.45, 7) is 6.20. The molecule has 3 aromatic carbocycles. The number of hydrogen-bond acceptors (Lipinski definition) is 3. The number of benzene rings is 3. The molecule has 1 aromatic heterocycles. The summed E-state index contributed by atoms with van der Waals surface area (Å²) in [6.07, 6.45) is 0. The summed E-state index contributed by atoms with van der Waals surface area (Å²) in [6, 6.07) is 27.4. The van der Waals surface area contributed by atoms with Gasteiger partial charge in [0, 0.05) is 42.7 Å². The second-order valence-electron chi connectivity index (χ2n) is 8.61. The van der Waals surface area contributed by atoms with E-state index in [1.165, 1.54) is 21.4 Å². The van der Waals surface area contributed by atoms with Gasteiger partial charge in [-0.3, -0.25) is 4.90 Å². The number of piperazine rings is 1. The molecule has 0 bridgehead atoms. The largest absolute Gasteiger partial charge is 0.428 e. The quantitative estimate of drug-likeness (QED) is 0.469. The average molecular weight is 412 g/mol. The van der Waals surface area contributed by atoms with Crippen molar-refractivity contribution in [3.63, 3.8) is 0 Å². The van der Waals surface area contributed by atoms with E-state index in [1.54, 1.807) is 0 Å². The van der Waals surface area contributed by atoms with Crippen LogP contribution in [0.1, 0.15) is 22.7 Å². The van der Waals surface area contributed by atoms with Gasteiger partial charge in [-0.25, -0.2) is 0 Å². The Bertz CT molecular complexity index is 1170. The second-order valence-corrected chi connectivity index (χ2v) is 8.61. The minimum atomic E-state index is 0.0720. The van der Waals surface area contributed by atoms with Gasteiger partial charge in [-0.2, -0.15) is 4.73 Å². The van der Waals surface area contributed by atoms with Crippen LogP contribution in [0.3, 0.4) is 0 Å². The van der Waals surface area contributed by atoms with Crippen molar-refractivity contribution in [2.45, 2.75) is 13.0 Å². The Balaban J connectivity index is 1.77. The van der Waals surface area contributed by atoms with E-state index < -0.39 is 0 Å². The van der Waals surface area contributed by atoms with E-state index in [-0.39, 0.29) is 6.04 Å². The van der Waals surface area contributed by atoms with Crippen LogP contribution in [0.4, 0.5) is 0 Å². The highest BCUT2D eigenvalue weighted by Gasteiger charge is 2.32. The zero-order chi connectivity index (χ0) is 21.4. The van der Waals surface area contributed by atoms with Crippen LogP contribution in [0.5, 0.6) is 0 Å². The van der Waals surface area contributed by atoms with Crippen LogP contribution >= 0.6 is 0 Å². The Morgan fingerprint density at radius 2 is 1.42 bits per heavy atom. The molecule has 1 aliphatic rings. The van der Waals surface area contributed by atoms with Crippen molar-refractivity contribution >= 4 is 10.9 Å². The van der Waals surface area contributed by atoms with Crippen LogP contribution in [0.2, 0.25) is 0 Å². The van der Waals surface area contributed by atoms with Gasteiger partial charge in [0.05, 0.1) is 17.3 Å². The highest BCUT2D eigenvalue weighted by Crippen LogP contribution is 2.42. The molecular formula is C27H29N3O. The molecule has 5 rings (SSSR count). The Morgan fingerprint density at radius 3 is 2.13 bits per heavy atom. The van der Waals surface area contributed by atoms with Gasteiger partial charge in [0.15, 0.2) is 0 Å². The number of aryl methyl sites for hydroxylation is 1. The van der Waals surface area contributed by atoms with E-state index >= 15 is 0 Å². The van der Waals surface area contributed by atoms with Gasteiger partial charge in [-0.05, 0) is 25.6 Å². The molecule has 1 fully saturated rings. The van der Waals surface area contributed by atoms with Gasteiger partial charge >= 0.3 is 0 Å². The molecule has 0 spiro atoms. The van der Waals surface area contributed by atoms with Crippen molar-refractivity contribution in [2.24, 2.45) is 0 Å². The third-order valence-corrected chi connectivity index (χ3v) is 6.51. The minimum Gasteiger partial charge on any atom is -0.428 e. The summed E-state index contributed by atoms with van der Waals surface area (Å²) in [5.41, 5.74) is 6.46. The van der Waals surface area contributed by atoms with Crippen LogP contribution in [-0.2, 0) is 0 Å². The fourth-order valence-electron chi connectivity index (χ4n) is 4.79. The fraction of sp³-hybridized carbons (Fsp3) is 0.259. The van der Waals surface area contributed by atoms with Crippen LogP contribution in [0.25, 0.3) is 22.2 Å². The maximum atomic E-state index is 11.3. The second kappa shape index (κ2) is 8.22. The predicted molar refractivity (Wildman–Crippen MR) is 127 cm³/mol. The summed E-state index contributed by atoms with van der Waals surface area (Å²) in [5, 5.41) is 12.4. The molecule has 4 aromatic rings. The highest BCUT2D eigenvalue weighted by molar-refractivity contribution is 5.92. The lowest BCUT2D eigenvalue weighted by Gasteiger charge is -2.38. The Hall–Kier alpha value is -3.08. The lowest BCUT2D eigenvalue weighted by molar-refractivity contribution is 0.127. The maximum absolute atomic E-state index is 11.3. The van der Waals surface area contributed by atoms with E-state index in [0.29, 0.717) is 0 Å². The Kier molecular flexibility index (Phi) is 5.26. The molecule has 0 aliphatic carbocycles. The molecule has 0 unspecified atom stereocenters. The Morgan fingerprint density at radius 1 is 0.774 bits per heavy atom. The monoisotopic (exact) mass is 411 g/mol. The van der Waals surface area contributed by atoms with E-state index in [9.17, 15) is 5.21 Å². The highest BCUT2D eigenvalue weighted by atomic mass is 16.5. The molecule has 4 nitrogen and oxygen atoms in total. The van der Waals surface area contributed by atoms with Gasteiger partial charge in [-0.15, -0.1) is 0 Å². The van der Waals surface area contributed by atoms with Gasteiger partial charge in [-0.1, -0.05) is 78.4 Å². The summed E-state index contributed by atoms with van der Waals surface area (Å²) < 4.78 is 1.39. The number of likely N-dealkylation sites (N-methyl/N-ethyl adjacent to an activating group) is 1. The molecule has 2 heterocycles. The zero-order valence-corrected chi connectivity index (χ0v) is 18.2. The average Bonchev–Trinajstić information content (AvgIpc) is 3.09. The first-order valence-corrected chi connectivity index (χ1v) is 11.0. The standard InChI is InChI=1S/C27H29N3O/c1-20-12-14-22(15-13-20)26(29-18-16-28(2)17-19-29)25-23-10-6-7-11-24(23)30(31)27(25)21-8-4-3-5-9-21/h3-15,26,31H,16-19H2,1-2H3/t26-/m1/s1. The maximum Gasteiger partial charge on any atom is 0.0930 e. The fourth-order valence-corrected chi connectivity index (χ4v) is 4.79. The van der Waals surface area contributed by atoms with Crippen LogP contribution in [0, 0.1) is 6.92 Å². The predicted octanol–water partition coefficient (Wildman–Crippen LogP) is 5.19. The normalized spacial score (nSPS) is 16.6. The number of para-hydroxylation sites is 1. The molecule has 4 heteroatoms. The number of fused-ring (bicyclic) bond motifs is 1. The first-order chi connectivity index (χ1) is 15.1. The van der Waals surface area contributed by atoms with Gasteiger partial charge in [0.25, 0.3) is 0 Å². The van der Waals surface area contributed by atoms with Crippen molar-refractivity contribution < 1.29 is 5.21 Å². The molecular weight excluding hydrogens is 382 g/mol. The Labute approximate surface area is 183 Å². The lowest BCUT2D eigenvalue weighted by atomic mass is 9.91. The number of aromatic nitrogens is 1. The van der Waals surface area contributed by atoms with Gasteiger partial charge in [0.1, 0.15) is 0 Å². The van der Waals surface area contributed by atoms with Crippen molar-refractivity contribution in [2.75, 3.05) is 33.2 Å². The molecule has 31 heavy (non-hydrogen) atoms. The smallest absolute Gasteiger partial charge is 0.0930 e. The van der Waals surface area contributed by atoms with E-state index in [0.717, 1.165) is 48.3 Å². The van der Waals surface area contributed by atoms with Gasteiger partial charge in [0.2, 0.25) is 0 Å². The summed E-state index contributed by atoms with van der Waals surface area (Å²) in [5.74, 6) is 0. The molecule has 1 atom stereocenters. The van der Waals surface area contributed by atoms with Crippen molar-refractivity contribution in [1.82, 2.24) is 14.5 Å². The number of hydrogen-bond donors (Lipinski definition) is 1. The van der Waals surface area contributed by atoms with Crippen molar-refractivity contribution in [1.29, 1.82) is 0 Å². The first-order valence-electron chi connectivity index (χ1n) is 11.0. The first kappa shape index (κ1) is 19.9. The molecule has 0 radical (unpaired) electrons. The zero-order valence-electron chi connectivity index (χ0n) is 18.2. The summed E-state index contributed by atoms with van der Waals surface area (Å²) in [7, 11) is 2.19. The number of rotatable bonds is 4. The molecule has 1 N–H and O–H groups in total. The van der Waals surface area contributed by atoms with Crippen LogP contribution < -0.4 is 0 Å².